The van der Waals surface area contributed by atoms with E-state index in [1.165, 1.54) is 0 Å². The third-order valence-corrected chi connectivity index (χ3v) is 2.83. The van der Waals surface area contributed by atoms with Crippen molar-refractivity contribution in [2.75, 3.05) is 0 Å². The Hall–Kier alpha value is -1.42. The van der Waals surface area contributed by atoms with E-state index in [0.717, 1.165) is 10.0 Å². The fourth-order valence-electron chi connectivity index (χ4n) is 1.39. The molecule has 1 aliphatic heterocycles. The molecule has 1 aromatic rings. The monoisotopic (exact) mass is 293 g/mol. The maximum Gasteiger partial charge on any atom is 0.363 e. The lowest BCUT2D eigenvalue weighted by Gasteiger charge is -1.99. The first-order valence-corrected chi connectivity index (χ1v) is 6.13. The van der Waals surface area contributed by atoms with Gasteiger partial charge in [-0.15, -0.1) is 0 Å². The Bertz CT molecular complexity index is 501. The number of aliphatic imine (C=N–C) groups is 1. The molecule has 17 heavy (non-hydrogen) atoms. The molecule has 0 bridgehead atoms. The van der Waals surface area contributed by atoms with Gasteiger partial charge in [0.25, 0.3) is 0 Å². The Morgan fingerprint density at radius 2 is 1.94 bits per heavy atom. The Labute approximate surface area is 108 Å². The van der Waals surface area contributed by atoms with Crippen LogP contribution < -0.4 is 0 Å². The summed E-state index contributed by atoms with van der Waals surface area (Å²) in [6.07, 6.45) is 1.73. The lowest BCUT2D eigenvalue weighted by atomic mass is 10.2. The van der Waals surface area contributed by atoms with Crippen molar-refractivity contribution in [1.29, 1.82) is 0 Å². The van der Waals surface area contributed by atoms with E-state index in [2.05, 4.69) is 20.9 Å². The van der Waals surface area contributed by atoms with Crippen molar-refractivity contribution in [3.05, 3.63) is 40.0 Å². The lowest BCUT2D eigenvalue weighted by Crippen LogP contribution is -2.09. The van der Waals surface area contributed by atoms with E-state index in [1.807, 2.05) is 38.1 Å². The van der Waals surface area contributed by atoms with Crippen LogP contribution >= 0.6 is 15.9 Å². The number of benzene rings is 1. The Morgan fingerprint density at radius 1 is 1.29 bits per heavy atom. The van der Waals surface area contributed by atoms with Crippen LogP contribution in [0.3, 0.4) is 0 Å². The van der Waals surface area contributed by atoms with E-state index in [1.54, 1.807) is 6.08 Å². The highest BCUT2D eigenvalue weighted by molar-refractivity contribution is 9.10. The second-order valence-electron chi connectivity index (χ2n) is 4.08. The van der Waals surface area contributed by atoms with Gasteiger partial charge >= 0.3 is 5.97 Å². The molecule has 0 amide bonds. The van der Waals surface area contributed by atoms with Gasteiger partial charge in [-0.2, -0.15) is 0 Å². The summed E-state index contributed by atoms with van der Waals surface area (Å²) in [5.41, 5.74) is 1.28. The molecule has 4 heteroatoms. The number of carbonyl (C=O) groups is 1. The molecule has 0 N–H and O–H groups in total. The zero-order valence-corrected chi connectivity index (χ0v) is 11.2. The summed E-state index contributed by atoms with van der Waals surface area (Å²) in [5.74, 6) is 0.227. The van der Waals surface area contributed by atoms with Gasteiger partial charge in [-0.25, -0.2) is 9.79 Å². The second kappa shape index (κ2) is 4.84. The van der Waals surface area contributed by atoms with Gasteiger partial charge in [0.2, 0.25) is 5.90 Å². The minimum absolute atomic E-state index is 0.120. The summed E-state index contributed by atoms with van der Waals surface area (Å²) in [6, 6.07) is 7.65. The zero-order valence-electron chi connectivity index (χ0n) is 9.61. The summed E-state index contributed by atoms with van der Waals surface area (Å²) >= 11 is 3.36. The van der Waals surface area contributed by atoms with Gasteiger partial charge in [0.05, 0.1) is 0 Å². The van der Waals surface area contributed by atoms with Crippen LogP contribution in [0.4, 0.5) is 0 Å². The number of nitrogens with zero attached hydrogens (tertiary/aromatic N) is 1. The van der Waals surface area contributed by atoms with Crippen LogP contribution in [-0.4, -0.2) is 11.9 Å². The van der Waals surface area contributed by atoms with Gasteiger partial charge < -0.3 is 4.74 Å². The molecular weight excluding hydrogens is 282 g/mol. The first-order valence-electron chi connectivity index (χ1n) is 5.34. The Morgan fingerprint density at radius 3 is 2.47 bits per heavy atom. The summed E-state index contributed by atoms with van der Waals surface area (Å²) in [4.78, 5) is 15.7. The molecule has 88 valence electrons. The molecule has 1 heterocycles. The molecule has 2 rings (SSSR count). The molecule has 0 fully saturated rings. The zero-order chi connectivity index (χ0) is 12.4. The number of cyclic esters (lactones) is 1. The molecule has 1 aliphatic rings. The van der Waals surface area contributed by atoms with Gasteiger partial charge in [0, 0.05) is 10.4 Å². The molecule has 1 aromatic carbocycles. The van der Waals surface area contributed by atoms with Crippen molar-refractivity contribution < 1.29 is 9.53 Å². The van der Waals surface area contributed by atoms with Crippen LogP contribution in [0.25, 0.3) is 6.08 Å². The summed E-state index contributed by atoms with van der Waals surface area (Å²) in [6.45, 7) is 3.88. The van der Waals surface area contributed by atoms with Gasteiger partial charge in [-0.05, 0) is 23.8 Å². The third kappa shape index (κ3) is 2.82. The molecule has 0 aliphatic carbocycles. The van der Waals surface area contributed by atoms with E-state index < -0.39 is 0 Å². The first-order chi connectivity index (χ1) is 8.06. The van der Waals surface area contributed by atoms with Gasteiger partial charge in [0.15, 0.2) is 5.70 Å². The van der Waals surface area contributed by atoms with Crippen molar-refractivity contribution in [2.45, 2.75) is 13.8 Å². The van der Waals surface area contributed by atoms with Crippen LogP contribution in [0.15, 0.2) is 39.4 Å². The Kier molecular flexibility index (Phi) is 3.43. The standard InChI is InChI=1S/C13H12BrNO2/c1-8(2)12-15-11(13(16)17-12)7-9-3-5-10(14)6-4-9/h3-8H,1-2H3/b11-7+. The second-order valence-corrected chi connectivity index (χ2v) is 4.99. The summed E-state index contributed by atoms with van der Waals surface area (Å²) < 4.78 is 6.06. The van der Waals surface area contributed by atoms with Crippen LogP contribution in [-0.2, 0) is 9.53 Å². The van der Waals surface area contributed by atoms with Crippen LogP contribution in [0.1, 0.15) is 19.4 Å². The highest BCUT2D eigenvalue weighted by Gasteiger charge is 2.24. The molecule has 3 nitrogen and oxygen atoms in total. The molecule has 0 aromatic heterocycles. The smallest absolute Gasteiger partial charge is 0.363 e. The summed E-state index contributed by atoms with van der Waals surface area (Å²) in [5, 5.41) is 0. The van der Waals surface area contributed by atoms with Gasteiger partial charge in [-0.3, -0.25) is 0 Å². The average molecular weight is 294 g/mol. The van der Waals surface area contributed by atoms with Crippen molar-refractivity contribution in [1.82, 2.24) is 0 Å². The quantitative estimate of drug-likeness (QED) is 0.619. The van der Waals surface area contributed by atoms with Crippen LogP contribution in [0.5, 0.6) is 0 Å². The number of hydrogen-bond donors (Lipinski definition) is 0. The molecule has 0 spiro atoms. The van der Waals surface area contributed by atoms with E-state index in [0.29, 0.717) is 11.6 Å². The maximum atomic E-state index is 11.5. The van der Waals surface area contributed by atoms with Crippen LogP contribution in [0, 0.1) is 5.92 Å². The average Bonchev–Trinajstić information content (AvgIpc) is 2.64. The van der Waals surface area contributed by atoms with Crippen LogP contribution in [0.2, 0.25) is 0 Å². The van der Waals surface area contributed by atoms with Crippen molar-refractivity contribution in [3.63, 3.8) is 0 Å². The maximum absolute atomic E-state index is 11.5. The summed E-state index contributed by atoms with van der Waals surface area (Å²) in [7, 11) is 0. The minimum atomic E-state index is -0.378. The molecule has 0 saturated carbocycles. The highest BCUT2D eigenvalue weighted by Crippen LogP contribution is 2.19. The number of halogens is 1. The van der Waals surface area contributed by atoms with Crippen molar-refractivity contribution in [3.8, 4) is 0 Å². The van der Waals surface area contributed by atoms with Gasteiger partial charge in [-0.1, -0.05) is 41.9 Å². The highest BCUT2D eigenvalue weighted by atomic mass is 79.9. The number of carbonyl (C=O) groups excluding carboxylic acids is 1. The SMILES string of the molecule is CC(C)C1=N/C(=C/c2ccc(Br)cc2)C(=O)O1. The molecule has 0 atom stereocenters. The van der Waals surface area contributed by atoms with Crippen molar-refractivity contribution >= 4 is 33.9 Å². The third-order valence-electron chi connectivity index (χ3n) is 2.30. The predicted octanol–water partition coefficient (Wildman–Crippen LogP) is 3.40. The number of esters is 1. The largest absolute Gasteiger partial charge is 0.407 e. The number of ether oxygens (including phenoxy) is 1. The lowest BCUT2D eigenvalue weighted by molar-refractivity contribution is -0.130. The fraction of sp³-hybridized carbons (Fsp3) is 0.231. The fourth-order valence-corrected chi connectivity index (χ4v) is 1.65. The van der Waals surface area contributed by atoms with E-state index in [4.69, 9.17) is 4.74 Å². The molecule has 0 radical (unpaired) electrons. The normalized spacial score (nSPS) is 17.5. The molecule has 0 saturated heterocycles. The van der Waals surface area contributed by atoms with Crippen molar-refractivity contribution in [2.24, 2.45) is 10.9 Å². The predicted molar refractivity (Wildman–Crippen MR) is 70.5 cm³/mol. The van der Waals surface area contributed by atoms with E-state index >= 15 is 0 Å². The number of hydrogen-bond acceptors (Lipinski definition) is 3. The molecular formula is C13H12BrNO2. The minimum Gasteiger partial charge on any atom is -0.407 e. The first kappa shape index (κ1) is 12.0. The number of rotatable bonds is 2. The topological polar surface area (TPSA) is 38.7 Å². The van der Waals surface area contributed by atoms with E-state index in [-0.39, 0.29) is 11.9 Å². The molecule has 0 unspecified atom stereocenters. The van der Waals surface area contributed by atoms with E-state index in [9.17, 15) is 4.79 Å². The Balaban J connectivity index is 2.28. The van der Waals surface area contributed by atoms with Gasteiger partial charge in [0.1, 0.15) is 0 Å².